The highest BCUT2D eigenvalue weighted by atomic mass is 35.5. The van der Waals surface area contributed by atoms with Crippen LogP contribution in [0.1, 0.15) is 19.4 Å². The second kappa shape index (κ2) is 8.29. The van der Waals surface area contributed by atoms with E-state index >= 15 is 0 Å². The first-order valence-corrected chi connectivity index (χ1v) is 10.6. The van der Waals surface area contributed by atoms with Gasteiger partial charge in [-0.1, -0.05) is 42.3 Å². The normalized spacial score (nSPS) is 12.5. The second-order valence-electron chi connectivity index (χ2n) is 5.87. The summed E-state index contributed by atoms with van der Waals surface area (Å²) in [5.41, 5.74) is 2.01. The number of carbonyl (C=O) groups excluding carboxylic acids is 1. The van der Waals surface area contributed by atoms with E-state index in [1.54, 1.807) is 12.1 Å². The lowest BCUT2D eigenvalue weighted by molar-refractivity contribution is -0.116. The Labute approximate surface area is 164 Å². The fourth-order valence-corrected chi connectivity index (χ4v) is 3.96. The minimum Gasteiger partial charge on any atom is -0.324 e. The number of anilines is 2. The molecule has 0 fully saturated rings. The quantitative estimate of drug-likeness (QED) is 0.763. The lowest BCUT2D eigenvalue weighted by atomic mass is 10.1. The Hall–Kier alpha value is -1.76. The molecule has 0 aromatic heterocycles. The summed E-state index contributed by atoms with van der Waals surface area (Å²) in [4.78, 5) is 12.6. The van der Waals surface area contributed by atoms with Crippen LogP contribution >= 0.6 is 23.2 Å². The second-order valence-corrected chi connectivity index (χ2v) is 8.55. The largest absolute Gasteiger partial charge is 0.324 e. The molecule has 0 spiro atoms. The van der Waals surface area contributed by atoms with Crippen LogP contribution in [-0.4, -0.2) is 26.6 Å². The van der Waals surface area contributed by atoms with Crippen molar-refractivity contribution in [1.29, 1.82) is 0 Å². The van der Waals surface area contributed by atoms with Crippen molar-refractivity contribution in [3.05, 3.63) is 58.1 Å². The third kappa shape index (κ3) is 4.90. The maximum absolute atomic E-state index is 12.6. The number of rotatable bonds is 6. The summed E-state index contributed by atoms with van der Waals surface area (Å²) in [5.74, 6) is -0.453. The summed E-state index contributed by atoms with van der Waals surface area (Å²) in [6.07, 6.45) is 1.93. The van der Waals surface area contributed by atoms with E-state index < -0.39 is 22.0 Å². The number of sulfonamides is 1. The molecule has 5 nitrogen and oxygen atoms in total. The van der Waals surface area contributed by atoms with Crippen LogP contribution in [0.15, 0.2) is 42.5 Å². The van der Waals surface area contributed by atoms with Gasteiger partial charge in [0.1, 0.15) is 6.04 Å². The number of benzene rings is 2. The number of nitrogens with zero attached hydrogens (tertiary/aromatic N) is 1. The van der Waals surface area contributed by atoms with Crippen LogP contribution in [0.4, 0.5) is 11.4 Å². The van der Waals surface area contributed by atoms with Gasteiger partial charge in [0.25, 0.3) is 0 Å². The number of halogens is 2. The van der Waals surface area contributed by atoms with Gasteiger partial charge in [-0.3, -0.25) is 9.10 Å². The van der Waals surface area contributed by atoms with Gasteiger partial charge in [-0.25, -0.2) is 8.42 Å². The molecule has 0 radical (unpaired) electrons. The minimum atomic E-state index is -3.72. The van der Waals surface area contributed by atoms with Gasteiger partial charge >= 0.3 is 0 Å². The average Bonchev–Trinajstić information content (AvgIpc) is 2.57. The van der Waals surface area contributed by atoms with Gasteiger partial charge in [0.15, 0.2) is 0 Å². The van der Waals surface area contributed by atoms with Crippen molar-refractivity contribution in [2.45, 2.75) is 26.3 Å². The third-order valence-corrected chi connectivity index (χ3v) is 5.86. The zero-order valence-corrected chi connectivity index (χ0v) is 17.0. The summed E-state index contributed by atoms with van der Waals surface area (Å²) >= 11 is 11.9. The van der Waals surface area contributed by atoms with E-state index in [0.29, 0.717) is 10.7 Å². The van der Waals surface area contributed by atoms with Crippen molar-refractivity contribution < 1.29 is 13.2 Å². The number of nitrogens with one attached hydrogen (secondary N) is 1. The molecule has 0 saturated heterocycles. The molecule has 2 aromatic rings. The van der Waals surface area contributed by atoms with Gasteiger partial charge in [-0.05, 0) is 49.2 Å². The number of carbonyl (C=O) groups is 1. The van der Waals surface area contributed by atoms with Gasteiger partial charge in [0.05, 0.1) is 22.0 Å². The molecule has 0 aliphatic rings. The summed E-state index contributed by atoms with van der Waals surface area (Å²) in [6, 6.07) is 10.8. The predicted octanol–water partition coefficient (Wildman–Crippen LogP) is 4.35. The highest BCUT2D eigenvalue weighted by Gasteiger charge is 2.29. The first kappa shape index (κ1) is 20.6. The van der Waals surface area contributed by atoms with Crippen LogP contribution in [0, 0.1) is 0 Å². The monoisotopic (exact) mass is 414 g/mol. The SMILES string of the molecule is CCc1ccc(NC(=O)[C@H](C)N(c2ccc(Cl)c(Cl)c2)S(C)(=O)=O)cc1. The highest BCUT2D eigenvalue weighted by Crippen LogP contribution is 2.29. The Kier molecular flexibility index (Phi) is 6.55. The van der Waals surface area contributed by atoms with Gasteiger partial charge < -0.3 is 5.32 Å². The summed E-state index contributed by atoms with van der Waals surface area (Å²) in [6.45, 7) is 3.55. The third-order valence-electron chi connectivity index (χ3n) is 3.88. The Morgan fingerprint density at radius 3 is 2.23 bits per heavy atom. The van der Waals surface area contributed by atoms with E-state index in [2.05, 4.69) is 5.32 Å². The molecule has 0 heterocycles. The lowest BCUT2D eigenvalue weighted by Gasteiger charge is -2.28. The van der Waals surface area contributed by atoms with Gasteiger partial charge in [0.2, 0.25) is 15.9 Å². The van der Waals surface area contributed by atoms with Crippen molar-refractivity contribution in [2.75, 3.05) is 15.9 Å². The molecule has 0 aliphatic carbocycles. The zero-order valence-electron chi connectivity index (χ0n) is 14.7. The van der Waals surface area contributed by atoms with E-state index in [4.69, 9.17) is 23.2 Å². The molecule has 8 heteroatoms. The molecule has 2 aromatic carbocycles. The maximum Gasteiger partial charge on any atom is 0.247 e. The summed E-state index contributed by atoms with van der Waals surface area (Å²) < 4.78 is 25.6. The average molecular weight is 415 g/mol. The molecular weight excluding hydrogens is 395 g/mol. The molecule has 0 saturated carbocycles. The number of aryl methyl sites for hydroxylation is 1. The Morgan fingerprint density at radius 2 is 1.73 bits per heavy atom. The van der Waals surface area contributed by atoms with E-state index in [1.807, 2.05) is 19.1 Å². The van der Waals surface area contributed by atoms with Gasteiger partial charge in [-0.2, -0.15) is 0 Å². The smallest absolute Gasteiger partial charge is 0.247 e. The van der Waals surface area contributed by atoms with Crippen LogP contribution in [0.3, 0.4) is 0 Å². The van der Waals surface area contributed by atoms with Crippen molar-refractivity contribution in [1.82, 2.24) is 0 Å². The summed E-state index contributed by atoms with van der Waals surface area (Å²) in [5, 5.41) is 3.25. The molecular formula is C18H20Cl2N2O3S. The van der Waals surface area contributed by atoms with E-state index in [1.165, 1.54) is 25.1 Å². The molecule has 140 valence electrons. The Morgan fingerprint density at radius 1 is 1.12 bits per heavy atom. The molecule has 1 N–H and O–H groups in total. The Balaban J connectivity index is 2.29. The van der Waals surface area contributed by atoms with Crippen LogP contribution < -0.4 is 9.62 Å². The maximum atomic E-state index is 12.6. The number of hydrogen-bond acceptors (Lipinski definition) is 3. The lowest BCUT2D eigenvalue weighted by Crippen LogP contribution is -2.45. The van der Waals surface area contributed by atoms with Crippen molar-refractivity contribution in [2.24, 2.45) is 0 Å². The van der Waals surface area contributed by atoms with Crippen LogP contribution in [-0.2, 0) is 21.2 Å². The summed E-state index contributed by atoms with van der Waals surface area (Å²) in [7, 11) is -3.72. The zero-order chi connectivity index (χ0) is 19.5. The van der Waals surface area contributed by atoms with Crippen LogP contribution in [0.5, 0.6) is 0 Å². The fraction of sp³-hybridized carbons (Fsp3) is 0.278. The molecule has 2 rings (SSSR count). The van der Waals surface area contributed by atoms with Crippen molar-refractivity contribution in [3.8, 4) is 0 Å². The number of amides is 1. The molecule has 0 unspecified atom stereocenters. The number of hydrogen-bond donors (Lipinski definition) is 1. The minimum absolute atomic E-state index is 0.209. The van der Waals surface area contributed by atoms with Gasteiger partial charge in [0, 0.05) is 5.69 Å². The fourth-order valence-electron chi connectivity index (χ4n) is 2.50. The first-order chi connectivity index (χ1) is 12.1. The van der Waals surface area contributed by atoms with Crippen LogP contribution in [0.25, 0.3) is 0 Å². The van der Waals surface area contributed by atoms with E-state index in [9.17, 15) is 13.2 Å². The van der Waals surface area contributed by atoms with Crippen molar-refractivity contribution >= 4 is 50.5 Å². The molecule has 0 bridgehead atoms. The molecule has 0 aliphatic heterocycles. The topological polar surface area (TPSA) is 66.5 Å². The van der Waals surface area contributed by atoms with Gasteiger partial charge in [-0.15, -0.1) is 0 Å². The Bertz CT molecular complexity index is 899. The predicted molar refractivity (Wildman–Crippen MR) is 108 cm³/mol. The van der Waals surface area contributed by atoms with Crippen LogP contribution in [0.2, 0.25) is 10.0 Å². The van der Waals surface area contributed by atoms with E-state index in [-0.39, 0.29) is 10.7 Å². The molecule has 1 atom stereocenters. The molecule has 1 amide bonds. The highest BCUT2D eigenvalue weighted by molar-refractivity contribution is 7.92. The van der Waals surface area contributed by atoms with Crippen molar-refractivity contribution in [3.63, 3.8) is 0 Å². The first-order valence-electron chi connectivity index (χ1n) is 7.97. The van der Waals surface area contributed by atoms with E-state index in [0.717, 1.165) is 22.5 Å². The standard InChI is InChI=1S/C18H20Cl2N2O3S/c1-4-13-5-7-14(8-6-13)21-18(23)12(2)22(26(3,24)25)15-9-10-16(19)17(20)11-15/h5-12H,4H2,1-3H3,(H,21,23)/t12-/m0/s1. The molecule has 26 heavy (non-hydrogen) atoms.